The van der Waals surface area contributed by atoms with Crippen molar-refractivity contribution in [1.29, 1.82) is 0 Å². The number of pyridine rings is 1. The zero-order chi connectivity index (χ0) is 22.5. The molecular weight excluding hydrogens is 420 g/mol. The molecule has 33 heavy (non-hydrogen) atoms. The van der Waals surface area contributed by atoms with E-state index in [-0.39, 0.29) is 5.56 Å². The first kappa shape index (κ1) is 19.1. The average molecular weight is 438 g/mol. The van der Waals surface area contributed by atoms with Gasteiger partial charge in [0.25, 0.3) is 5.56 Å². The van der Waals surface area contributed by atoms with Gasteiger partial charge in [-0.2, -0.15) is 10.2 Å². The number of H-pyrrole nitrogens is 1. The Morgan fingerprint density at radius 2 is 1.97 bits per heavy atom. The first-order valence-electron chi connectivity index (χ1n) is 10.3. The summed E-state index contributed by atoms with van der Waals surface area (Å²) in [4.78, 5) is 26.1. The number of hydrogen-bond donors (Lipinski definition) is 1. The van der Waals surface area contributed by atoms with Crippen molar-refractivity contribution >= 4 is 32.8 Å². The van der Waals surface area contributed by atoms with Gasteiger partial charge in [0.15, 0.2) is 5.65 Å². The molecule has 0 aliphatic heterocycles. The molecule has 10 heteroatoms. The lowest BCUT2D eigenvalue weighted by molar-refractivity contribution is 0.468. The molecule has 0 saturated carbocycles. The van der Waals surface area contributed by atoms with Gasteiger partial charge in [-0.25, -0.2) is 14.6 Å². The summed E-state index contributed by atoms with van der Waals surface area (Å²) >= 11 is 0. The quantitative estimate of drug-likeness (QED) is 0.449. The van der Waals surface area contributed by atoms with Gasteiger partial charge in [0.05, 0.1) is 30.1 Å². The van der Waals surface area contributed by atoms with Crippen LogP contribution in [0.2, 0.25) is 0 Å². The lowest BCUT2D eigenvalue weighted by atomic mass is 10.2. The van der Waals surface area contributed by atoms with Crippen LogP contribution in [-0.2, 0) is 13.6 Å². The van der Waals surface area contributed by atoms with E-state index >= 15 is 0 Å². The third-order valence-corrected chi connectivity index (χ3v) is 5.66. The number of rotatable bonds is 4. The molecule has 6 rings (SSSR count). The Labute approximate surface area is 186 Å². The molecule has 10 nitrogen and oxygen atoms in total. The van der Waals surface area contributed by atoms with Gasteiger partial charge in [-0.3, -0.25) is 14.9 Å². The predicted octanol–water partition coefficient (Wildman–Crippen LogP) is 3.10. The summed E-state index contributed by atoms with van der Waals surface area (Å²) in [5.74, 6) is 0.994. The van der Waals surface area contributed by atoms with Crippen molar-refractivity contribution in [2.24, 2.45) is 7.05 Å². The Morgan fingerprint density at radius 3 is 2.85 bits per heavy atom. The Balaban J connectivity index is 1.44. The van der Waals surface area contributed by atoms with Crippen molar-refractivity contribution in [1.82, 2.24) is 39.5 Å². The highest BCUT2D eigenvalue weighted by atomic mass is 16.5. The maximum atomic E-state index is 13.3. The summed E-state index contributed by atoms with van der Waals surface area (Å²) < 4.78 is 9.33. The maximum absolute atomic E-state index is 13.3. The monoisotopic (exact) mass is 438 g/mol. The number of benzene rings is 1. The van der Waals surface area contributed by atoms with Crippen molar-refractivity contribution in [2.45, 2.75) is 13.5 Å². The normalized spacial score (nSPS) is 11.6. The Bertz CT molecular complexity index is 1730. The van der Waals surface area contributed by atoms with Crippen LogP contribution in [0.25, 0.3) is 32.8 Å². The van der Waals surface area contributed by atoms with Gasteiger partial charge in [0.1, 0.15) is 23.0 Å². The van der Waals surface area contributed by atoms with Gasteiger partial charge < -0.3 is 9.30 Å². The van der Waals surface area contributed by atoms with E-state index in [1.807, 2.05) is 54.9 Å². The molecular formula is C23H18N8O2. The summed E-state index contributed by atoms with van der Waals surface area (Å²) in [6.07, 6.45) is 4.77. The minimum atomic E-state index is -0.173. The van der Waals surface area contributed by atoms with E-state index in [2.05, 4.69) is 30.2 Å². The molecule has 0 aliphatic rings. The molecule has 6 aromatic rings. The fourth-order valence-corrected chi connectivity index (χ4v) is 4.09. The van der Waals surface area contributed by atoms with Crippen LogP contribution in [-0.4, -0.2) is 39.5 Å². The van der Waals surface area contributed by atoms with Crippen molar-refractivity contribution in [3.8, 4) is 11.6 Å². The Hall–Kier alpha value is -4.60. The van der Waals surface area contributed by atoms with Crippen LogP contribution in [0.1, 0.15) is 11.4 Å². The number of hydrogen-bond acceptors (Lipinski definition) is 7. The number of nitrogens with one attached hydrogen (secondary N) is 1. The van der Waals surface area contributed by atoms with E-state index in [9.17, 15) is 4.79 Å². The number of aromatic nitrogens is 8. The van der Waals surface area contributed by atoms with Crippen LogP contribution in [0, 0.1) is 6.92 Å². The van der Waals surface area contributed by atoms with Crippen molar-refractivity contribution in [3.05, 3.63) is 76.9 Å². The van der Waals surface area contributed by atoms with Gasteiger partial charge in [0.2, 0.25) is 5.88 Å². The van der Waals surface area contributed by atoms with Gasteiger partial charge in [-0.05, 0) is 31.2 Å². The Kier molecular flexibility index (Phi) is 4.19. The standard InChI is InChI=1S/C23H18N8O2/c1-13-4-3-5-14(28-13)11-31-23(32)20-17(10-27-31)16-7-6-15(8-19(16)30(20)2)33-22-18-9-26-29-21(18)24-12-25-22/h3-10,12H,11H2,1-2H3,(H,24,25,26,29). The third-order valence-electron chi connectivity index (χ3n) is 5.66. The highest BCUT2D eigenvalue weighted by Gasteiger charge is 2.16. The van der Waals surface area contributed by atoms with Gasteiger partial charge in [-0.15, -0.1) is 0 Å². The molecule has 1 aromatic carbocycles. The van der Waals surface area contributed by atoms with Gasteiger partial charge in [-0.1, -0.05) is 6.07 Å². The number of ether oxygens (including phenoxy) is 1. The lowest BCUT2D eigenvalue weighted by Gasteiger charge is -2.06. The van der Waals surface area contributed by atoms with E-state index in [4.69, 9.17) is 4.74 Å². The minimum absolute atomic E-state index is 0.173. The van der Waals surface area contributed by atoms with E-state index in [0.29, 0.717) is 34.7 Å². The molecule has 0 radical (unpaired) electrons. The van der Waals surface area contributed by atoms with Crippen molar-refractivity contribution in [2.75, 3.05) is 0 Å². The fourth-order valence-electron chi connectivity index (χ4n) is 4.09. The molecule has 0 aliphatic carbocycles. The summed E-state index contributed by atoms with van der Waals surface area (Å²) in [5, 5.41) is 13.6. The Morgan fingerprint density at radius 1 is 1.06 bits per heavy atom. The highest BCUT2D eigenvalue weighted by Crippen LogP contribution is 2.31. The van der Waals surface area contributed by atoms with Crippen molar-refractivity contribution < 1.29 is 4.74 Å². The topological polar surface area (TPSA) is 116 Å². The third kappa shape index (κ3) is 3.11. The molecule has 0 bridgehead atoms. The first-order valence-corrected chi connectivity index (χ1v) is 10.3. The van der Waals surface area contributed by atoms with Crippen LogP contribution >= 0.6 is 0 Å². The first-order chi connectivity index (χ1) is 16.1. The summed E-state index contributed by atoms with van der Waals surface area (Å²) in [6.45, 7) is 2.23. The van der Waals surface area contributed by atoms with Crippen LogP contribution in [0.5, 0.6) is 11.6 Å². The molecule has 0 spiro atoms. The number of aromatic amines is 1. The molecule has 162 valence electrons. The SMILES string of the molecule is Cc1cccc(Cn2ncc3c4ccc(Oc5ncnc6[nH]ncc56)cc4n(C)c3c2=O)n1. The number of aryl methyl sites for hydroxylation is 2. The molecule has 5 aromatic heterocycles. The number of nitrogens with zero attached hydrogens (tertiary/aromatic N) is 7. The molecule has 0 amide bonds. The molecule has 5 heterocycles. The second-order valence-electron chi connectivity index (χ2n) is 7.79. The van der Waals surface area contributed by atoms with Crippen LogP contribution < -0.4 is 10.3 Å². The van der Waals surface area contributed by atoms with Gasteiger partial charge >= 0.3 is 0 Å². The average Bonchev–Trinajstić information content (AvgIpc) is 3.40. The lowest BCUT2D eigenvalue weighted by Crippen LogP contribution is -2.24. The molecule has 0 atom stereocenters. The van der Waals surface area contributed by atoms with Gasteiger partial charge in [0, 0.05) is 29.6 Å². The maximum Gasteiger partial charge on any atom is 0.291 e. The van der Waals surface area contributed by atoms with Crippen molar-refractivity contribution in [3.63, 3.8) is 0 Å². The second-order valence-corrected chi connectivity index (χ2v) is 7.79. The van der Waals surface area contributed by atoms with E-state index in [1.165, 1.54) is 11.0 Å². The zero-order valence-electron chi connectivity index (χ0n) is 17.9. The summed E-state index contributed by atoms with van der Waals surface area (Å²) in [5.41, 5.74) is 3.53. The molecule has 0 saturated heterocycles. The predicted molar refractivity (Wildman–Crippen MR) is 122 cm³/mol. The summed E-state index contributed by atoms with van der Waals surface area (Å²) in [6, 6.07) is 11.4. The van der Waals surface area contributed by atoms with Crippen LogP contribution in [0.3, 0.4) is 0 Å². The minimum Gasteiger partial charge on any atom is -0.438 e. The largest absolute Gasteiger partial charge is 0.438 e. The highest BCUT2D eigenvalue weighted by molar-refractivity contribution is 6.07. The molecule has 0 fully saturated rings. The van der Waals surface area contributed by atoms with Crippen LogP contribution in [0.15, 0.2) is 59.9 Å². The molecule has 1 N–H and O–H groups in total. The van der Waals surface area contributed by atoms with E-state index in [1.54, 1.807) is 12.4 Å². The second kappa shape index (κ2) is 7.23. The fraction of sp³-hybridized carbons (Fsp3) is 0.130. The zero-order valence-corrected chi connectivity index (χ0v) is 17.9. The molecule has 0 unspecified atom stereocenters. The van der Waals surface area contributed by atoms with Crippen LogP contribution in [0.4, 0.5) is 0 Å². The smallest absolute Gasteiger partial charge is 0.291 e. The van der Waals surface area contributed by atoms with E-state index < -0.39 is 0 Å². The summed E-state index contributed by atoms with van der Waals surface area (Å²) in [7, 11) is 1.87. The number of fused-ring (bicyclic) bond motifs is 4. The van der Waals surface area contributed by atoms with E-state index in [0.717, 1.165) is 27.7 Å².